The Bertz CT molecular complexity index is 1000. The van der Waals surface area contributed by atoms with Crippen molar-refractivity contribution in [3.63, 3.8) is 0 Å². The van der Waals surface area contributed by atoms with Gasteiger partial charge in [-0.25, -0.2) is 4.98 Å². The van der Waals surface area contributed by atoms with E-state index in [1.54, 1.807) is 36.5 Å². The summed E-state index contributed by atoms with van der Waals surface area (Å²) < 4.78 is 11.0. The van der Waals surface area contributed by atoms with E-state index in [1.807, 2.05) is 6.26 Å². The summed E-state index contributed by atoms with van der Waals surface area (Å²) in [5, 5.41) is 9.12. The number of amides is 3. The minimum Gasteiger partial charge on any atom is -0.497 e. The first-order valence-corrected chi connectivity index (χ1v) is 11.9. The van der Waals surface area contributed by atoms with Crippen molar-refractivity contribution in [1.29, 1.82) is 0 Å². The molecule has 0 aliphatic carbocycles. The standard InChI is InChI=1S/C23H28N4O5S/c1-31-15-8-9-16-19(14-15)32-13-12-25-22(30)18(7-3-4-10-24-20(16)28)27-21(29)17-6-5-11-26-23(17)33-2/h5-6,8-9,11,14,18H,3-4,7,10,12-13H2,1-2H3,(H,24,28)(H,25,30)(H,27,29)/t18-/m0/s1. The zero-order chi connectivity index (χ0) is 23.6. The second kappa shape index (κ2) is 12.1. The van der Waals surface area contributed by atoms with Gasteiger partial charge in [0.2, 0.25) is 5.91 Å². The molecule has 3 amide bonds. The summed E-state index contributed by atoms with van der Waals surface area (Å²) in [6.45, 7) is 0.803. The van der Waals surface area contributed by atoms with E-state index in [0.717, 1.165) is 0 Å². The molecule has 3 rings (SSSR count). The molecule has 9 nitrogen and oxygen atoms in total. The number of nitrogens with zero attached hydrogens (tertiary/aromatic N) is 1. The van der Waals surface area contributed by atoms with Gasteiger partial charge in [-0.05, 0) is 49.8 Å². The molecule has 10 heteroatoms. The largest absolute Gasteiger partial charge is 0.497 e. The predicted molar refractivity (Wildman–Crippen MR) is 125 cm³/mol. The maximum atomic E-state index is 12.8. The van der Waals surface area contributed by atoms with E-state index in [4.69, 9.17) is 9.47 Å². The van der Waals surface area contributed by atoms with Crippen LogP contribution in [0.2, 0.25) is 0 Å². The van der Waals surface area contributed by atoms with Crippen LogP contribution in [0.3, 0.4) is 0 Å². The lowest BCUT2D eigenvalue weighted by Gasteiger charge is -2.20. The molecule has 1 aliphatic heterocycles. The van der Waals surface area contributed by atoms with Crippen LogP contribution in [-0.2, 0) is 4.79 Å². The lowest BCUT2D eigenvalue weighted by atomic mass is 10.1. The molecule has 0 spiro atoms. The van der Waals surface area contributed by atoms with Crippen molar-refractivity contribution in [2.75, 3.05) is 33.1 Å². The topological polar surface area (TPSA) is 119 Å². The zero-order valence-electron chi connectivity index (χ0n) is 18.7. The van der Waals surface area contributed by atoms with Crippen molar-refractivity contribution >= 4 is 29.5 Å². The maximum Gasteiger partial charge on any atom is 0.255 e. The third-order valence-corrected chi connectivity index (χ3v) is 5.84. The minimum atomic E-state index is -0.710. The number of thioether (sulfide) groups is 1. The van der Waals surface area contributed by atoms with Crippen molar-refractivity contribution in [3.8, 4) is 11.5 Å². The lowest BCUT2D eigenvalue weighted by Crippen LogP contribution is -2.47. The van der Waals surface area contributed by atoms with Crippen LogP contribution in [0.1, 0.15) is 40.0 Å². The van der Waals surface area contributed by atoms with E-state index in [0.29, 0.717) is 53.5 Å². The van der Waals surface area contributed by atoms with E-state index in [2.05, 4.69) is 20.9 Å². The summed E-state index contributed by atoms with van der Waals surface area (Å²) in [4.78, 5) is 42.4. The fraction of sp³-hybridized carbons (Fsp3) is 0.391. The summed E-state index contributed by atoms with van der Waals surface area (Å²) in [7, 11) is 1.53. The molecule has 1 aromatic carbocycles. The summed E-state index contributed by atoms with van der Waals surface area (Å²) in [5.74, 6) is 0.0752. The van der Waals surface area contributed by atoms with Crippen molar-refractivity contribution in [3.05, 3.63) is 47.7 Å². The molecule has 3 N–H and O–H groups in total. The lowest BCUT2D eigenvalue weighted by molar-refractivity contribution is -0.123. The number of hydrogen-bond acceptors (Lipinski definition) is 7. The summed E-state index contributed by atoms with van der Waals surface area (Å²) in [6.07, 6.45) is 5.21. The Morgan fingerprint density at radius 3 is 2.85 bits per heavy atom. The first-order chi connectivity index (χ1) is 16.0. The molecule has 176 valence electrons. The Hall–Kier alpha value is -3.27. The van der Waals surface area contributed by atoms with Gasteiger partial charge in [-0.3, -0.25) is 14.4 Å². The SMILES string of the molecule is COc1ccc2c(c1)OCCNC(=O)[C@@H](NC(=O)c1cccnc1SC)CCCCNC2=O. The Morgan fingerprint density at radius 2 is 2.06 bits per heavy atom. The monoisotopic (exact) mass is 472 g/mol. The van der Waals surface area contributed by atoms with Crippen molar-refractivity contribution in [1.82, 2.24) is 20.9 Å². The highest BCUT2D eigenvalue weighted by Gasteiger charge is 2.23. The van der Waals surface area contributed by atoms with Gasteiger partial charge < -0.3 is 25.4 Å². The number of rotatable bonds is 4. The molecule has 1 aromatic heterocycles. The van der Waals surface area contributed by atoms with Gasteiger partial charge >= 0.3 is 0 Å². The average Bonchev–Trinajstić information content (AvgIpc) is 2.84. The number of methoxy groups -OCH3 is 1. The second-order valence-electron chi connectivity index (χ2n) is 7.34. The van der Waals surface area contributed by atoms with Gasteiger partial charge in [0.15, 0.2) is 0 Å². The maximum absolute atomic E-state index is 12.8. The molecule has 1 atom stereocenters. The van der Waals surface area contributed by atoms with Crippen LogP contribution >= 0.6 is 11.8 Å². The number of fused-ring (bicyclic) bond motifs is 1. The van der Waals surface area contributed by atoms with Crippen molar-refractivity contribution < 1.29 is 23.9 Å². The number of nitrogens with one attached hydrogen (secondary N) is 3. The molecular formula is C23H28N4O5S. The number of ether oxygens (including phenoxy) is 2. The van der Waals surface area contributed by atoms with E-state index in [9.17, 15) is 14.4 Å². The Labute approximate surface area is 197 Å². The van der Waals surface area contributed by atoms with Gasteiger partial charge in [0, 0.05) is 18.8 Å². The quantitative estimate of drug-likeness (QED) is 0.583. The summed E-state index contributed by atoms with van der Waals surface area (Å²) in [5.41, 5.74) is 0.837. The van der Waals surface area contributed by atoms with Crippen LogP contribution in [-0.4, -0.2) is 61.8 Å². The van der Waals surface area contributed by atoms with Gasteiger partial charge in [-0.1, -0.05) is 0 Å². The fourth-order valence-electron chi connectivity index (χ4n) is 3.40. The highest BCUT2D eigenvalue weighted by Crippen LogP contribution is 2.25. The summed E-state index contributed by atoms with van der Waals surface area (Å²) >= 11 is 1.37. The zero-order valence-corrected chi connectivity index (χ0v) is 19.5. The molecule has 0 unspecified atom stereocenters. The molecule has 1 aliphatic rings. The third kappa shape index (κ3) is 6.61. The molecule has 33 heavy (non-hydrogen) atoms. The average molecular weight is 473 g/mol. The first-order valence-electron chi connectivity index (χ1n) is 10.7. The van der Waals surface area contributed by atoms with Gasteiger partial charge in [0.25, 0.3) is 11.8 Å². The smallest absolute Gasteiger partial charge is 0.255 e. The fourth-order valence-corrected chi connectivity index (χ4v) is 3.94. The van der Waals surface area contributed by atoms with E-state index in [-0.39, 0.29) is 30.9 Å². The molecule has 2 heterocycles. The van der Waals surface area contributed by atoms with E-state index in [1.165, 1.54) is 18.9 Å². The molecule has 0 saturated heterocycles. The van der Waals surface area contributed by atoms with Gasteiger partial charge in [0.1, 0.15) is 29.2 Å². The van der Waals surface area contributed by atoms with Crippen LogP contribution in [0.15, 0.2) is 41.6 Å². The molecular weight excluding hydrogens is 444 g/mol. The van der Waals surface area contributed by atoms with Crippen LogP contribution < -0.4 is 25.4 Å². The van der Waals surface area contributed by atoms with Crippen LogP contribution in [0.4, 0.5) is 0 Å². The van der Waals surface area contributed by atoms with Gasteiger partial charge in [0.05, 0.1) is 24.8 Å². The number of benzene rings is 1. The van der Waals surface area contributed by atoms with E-state index >= 15 is 0 Å². The number of carbonyl (C=O) groups excluding carboxylic acids is 3. The number of aromatic nitrogens is 1. The van der Waals surface area contributed by atoms with E-state index < -0.39 is 6.04 Å². The second-order valence-corrected chi connectivity index (χ2v) is 8.13. The van der Waals surface area contributed by atoms with Crippen molar-refractivity contribution in [2.45, 2.75) is 30.3 Å². The number of pyridine rings is 1. The Balaban J connectivity index is 1.70. The van der Waals surface area contributed by atoms with Gasteiger partial charge in [-0.15, -0.1) is 11.8 Å². The summed E-state index contributed by atoms with van der Waals surface area (Å²) in [6, 6.07) is 7.66. The Kier molecular flexibility index (Phi) is 8.94. The molecule has 0 radical (unpaired) electrons. The highest BCUT2D eigenvalue weighted by atomic mass is 32.2. The molecule has 2 aromatic rings. The van der Waals surface area contributed by atoms with Crippen LogP contribution in [0, 0.1) is 0 Å². The van der Waals surface area contributed by atoms with Gasteiger partial charge in [-0.2, -0.15) is 0 Å². The molecule has 0 bridgehead atoms. The normalized spacial score (nSPS) is 17.5. The van der Waals surface area contributed by atoms with Crippen molar-refractivity contribution in [2.24, 2.45) is 0 Å². The Morgan fingerprint density at radius 1 is 1.21 bits per heavy atom. The molecule has 0 saturated carbocycles. The predicted octanol–water partition coefficient (Wildman–Crippen LogP) is 2.02. The molecule has 0 fully saturated rings. The third-order valence-electron chi connectivity index (χ3n) is 5.13. The first kappa shape index (κ1) is 24.4. The number of hydrogen-bond donors (Lipinski definition) is 3. The number of carbonyl (C=O) groups is 3. The van der Waals surface area contributed by atoms with Crippen LogP contribution in [0.5, 0.6) is 11.5 Å². The minimum absolute atomic E-state index is 0.152. The van der Waals surface area contributed by atoms with Crippen LogP contribution in [0.25, 0.3) is 0 Å². The highest BCUT2D eigenvalue weighted by molar-refractivity contribution is 7.98.